The van der Waals surface area contributed by atoms with Gasteiger partial charge < -0.3 is 24.3 Å². The highest BCUT2D eigenvalue weighted by Crippen LogP contribution is 2.31. The van der Waals surface area contributed by atoms with Gasteiger partial charge in [0.05, 0.1) is 25.9 Å². The molecule has 0 spiro atoms. The number of anilines is 1. The zero-order valence-corrected chi connectivity index (χ0v) is 13.6. The summed E-state index contributed by atoms with van der Waals surface area (Å²) < 4.78 is 12.7. The fraction of sp³-hybridized carbons (Fsp3) is 0.353. The van der Waals surface area contributed by atoms with Gasteiger partial charge in [0.1, 0.15) is 11.5 Å². The number of hydrogen-bond acceptors (Lipinski definition) is 3. The minimum Gasteiger partial charge on any atom is -0.497 e. The molecule has 23 heavy (non-hydrogen) atoms. The molecule has 1 aromatic heterocycles. The van der Waals surface area contributed by atoms with Crippen LogP contribution in [0.1, 0.15) is 18.7 Å². The molecule has 2 heterocycles. The molecule has 1 aliphatic heterocycles. The third-order valence-corrected chi connectivity index (χ3v) is 4.25. The monoisotopic (exact) mass is 315 g/mol. The van der Waals surface area contributed by atoms with Crippen LogP contribution < -0.4 is 14.8 Å². The number of ether oxygens (including phenoxy) is 2. The lowest BCUT2D eigenvalue weighted by Crippen LogP contribution is -2.43. The molecule has 0 aliphatic carbocycles. The fourth-order valence-electron chi connectivity index (χ4n) is 2.95. The Balaban J connectivity index is 1.77. The van der Waals surface area contributed by atoms with Crippen LogP contribution in [0.4, 0.5) is 10.5 Å². The van der Waals surface area contributed by atoms with Crippen LogP contribution in [0.25, 0.3) is 0 Å². The molecule has 0 saturated carbocycles. The summed E-state index contributed by atoms with van der Waals surface area (Å²) in [6.07, 6.45) is 2.05. The summed E-state index contributed by atoms with van der Waals surface area (Å²) in [6.45, 7) is 3.52. The molecule has 0 fully saturated rings. The van der Waals surface area contributed by atoms with E-state index >= 15 is 0 Å². The zero-order chi connectivity index (χ0) is 16.4. The number of nitrogens with one attached hydrogen (secondary N) is 1. The van der Waals surface area contributed by atoms with E-state index in [1.807, 2.05) is 24.1 Å². The van der Waals surface area contributed by atoms with Crippen LogP contribution >= 0.6 is 0 Å². The van der Waals surface area contributed by atoms with Crippen molar-refractivity contribution in [2.24, 2.45) is 0 Å². The summed E-state index contributed by atoms with van der Waals surface area (Å²) in [7, 11) is 3.17. The predicted molar refractivity (Wildman–Crippen MR) is 88.1 cm³/mol. The highest BCUT2D eigenvalue weighted by molar-refractivity contribution is 5.91. The molecule has 0 saturated heterocycles. The molecule has 1 N–H and O–H groups in total. The minimum atomic E-state index is -0.131. The summed E-state index contributed by atoms with van der Waals surface area (Å²) in [5.74, 6) is 1.26. The number of nitrogens with zero attached hydrogens (tertiary/aromatic N) is 2. The summed E-state index contributed by atoms with van der Waals surface area (Å²) in [5.41, 5.74) is 1.78. The number of urea groups is 1. The molecule has 1 aliphatic rings. The predicted octanol–water partition coefficient (Wildman–Crippen LogP) is 3.11. The largest absolute Gasteiger partial charge is 0.497 e. The second-order valence-corrected chi connectivity index (χ2v) is 5.49. The Labute approximate surface area is 135 Å². The first-order valence-electron chi connectivity index (χ1n) is 7.58. The van der Waals surface area contributed by atoms with Gasteiger partial charge >= 0.3 is 6.03 Å². The van der Waals surface area contributed by atoms with Crippen molar-refractivity contribution in [3.8, 4) is 11.5 Å². The number of hydrogen-bond donors (Lipinski definition) is 1. The van der Waals surface area contributed by atoms with Gasteiger partial charge in [0.2, 0.25) is 0 Å². The maximum atomic E-state index is 12.7. The van der Waals surface area contributed by atoms with Crippen molar-refractivity contribution in [3.63, 3.8) is 0 Å². The number of carbonyl (C=O) groups excluding carboxylic acids is 1. The Hall–Kier alpha value is -2.63. The molecule has 6 nitrogen and oxygen atoms in total. The summed E-state index contributed by atoms with van der Waals surface area (Å²) in [5, 5.41) is 2.93. The van der Waals surface area contributed by atoms with E-state index in [1.54, 1.807) is 32.4 Å². The summed E-state index contributed by atoms with van der Waals surface area (Å²) in [4.78, 5) is 14.5. The van der Waals surface area contributed by atoms with E-state index in [9.17, 15) is 4.79 Å². The van der Waals surface area contributed by atoms with Crippen LogP contribution in [0.2, 0.25) is 0 Å². The second-order valence-electron chi connectivity index (χ2n) is 5.49. The third-order valence-electron chi connectivity index (χ3n) is 4.25. The van der Waals surface area contributed by atoms with Crippen LogP contribution in [-0.4, -0.2) is 36.3 Å². The van der Waals surface area contributed by atoms with Gasteiger partial charge in [0.15, 0.2) is 0 Å². The van der Waals surface area contributed by atoms with Gasteiger partial charge in [-0.2, -0.15) is 0 Å². The van der Waals surface area contributed by atoms with Crippen LogP contribution in [-0.2, 0) is 6.54 Å². The maximum Gasteiger partial charge on any atom is 0.322 e. The highest BCUT2D eigenvalue weighted by Gasteiger charge is 2.27. The van der Waals surface area contributed by atoms with E-state index in [0.717, 1.165) is 12.2 Å². The van der Waals surface area contributed by atoms with Gasteiger partial charge in [-0.3, -0.25) is 0 Å². The maximum absolute atomic E-state index is 12.7. The van der Waals surface area contributed by atoms with Crippen LogP contribution in [0.15, 0.2) is 36.5 Å². The van der Waals surface area contributed by atoms with Crippen LogP contribution in [0.3, 0.4) is 0 Å². The molecular formula is C17H21N3O3. The number of rotatable bonds is 3. The quantitative estimate of drug-likeness (QED) is 0.947. The van der Waals surface area contributed by atoms with Crippen molar-refractivity contribution in [2.75, 3.05) is 26.1 Å². The SMILES string of the molecule is COc1ccc(NC(=O)N2CCn3cccc3C2C)c(OC)c1. The third kappa shape index (κ3) is 2.84. The first-order chi connectivity index (χ1) is 11.1. The average molecular weight is 315 g/mol. The molecule has 3 rings (SSSR count). The van der Waals surface area contributed by atoms with Crippen molar-refractivity contribution in [3.05, 3.63) is 42.2 Å². The molecule has 0 radical (unpaired) electrons. The topological polar surface area (TPSA) is 55.7 Å². The zero-order valence-electron chi connectivity index (χ0n) is 13.6. The number of carbonyl (C=O) groups is 1. The highest BCUT2D eigenvalue weighted by atomic mass is 16.5. The molecule has 1 atom stereocenters. The van der Waals surface area contributed by atoms with Crippen molar-refractivity contribution in [1.29, 1.82) is 0 Å². The number of amides is 2. The van der Waals surface area contributed by atoms with Crippen molar-refractivity contribution >= 4 is 11.7 Å². The first-order valence-corrected chi connectivity index (χ1v) is 7.58. The molecule has 6 heteroatoms. The van der Waals surface area contributed by atoms with Crippen molar-refractivity contribution in [1.82, 2.24) is 9.47 Å². The number of fused-ring (bicyclic) bond motifs is 1. The number of methoxy groups -OCH3 is 2. The molecule has 1 unspecified atom stereocenters. The molecule has 0 bridgehead atoms. The Morgan fingerprint density at radius 1 is 1.22 bits per heavy atom. The fourth-order valence-corrected chi connectivity index (χ4v) is 2.95. The van der Waals surface area contributed by atoms with E-state index in [0.29, 0.717) is 23.7 Å². The van der Waals surface area contributed by atoms with Gasteiger partial charge in [-0.15, -0.1) is 0 Å². The summed E-state index contributed by atoms with van der Waals surface area (Å²) in [6, 6.07) is 9.30. The van der Waals surface area contributed by atoms with E-state index < -0.39 is 0 Å². The number of aromatic nitrogens is 1. The Bertz CT molecular complexity index is 711. The minimum absolute atomic E-state index is 0.0305. The van der Waals surface area contributed by atoms with Crippen molar-refractivity contribution in [2.45, 2.75) is 19.5 Å². The van der Waals surface area contributed by atoms with Gasteiger partial charge in [0.25, 0.3) is 0 Å². The van der Waals surface area contributed by atoms with Gasteiger partial charge in [0, 0.05) is 31.0 Å². The molecule has 2 aromatic rings. The van der Waals surface area contributed by atoms with Crippen molar-refractivity contribution < 1.29 is 14.3 Å². The van der Waals surface area contributed by atoms with E-state index in [-0.39, 0.29) is 12.1 Å². The van der Waals surface area contributed by atoms with Crippen LogP contribution in [0, 0.1) is 0 Å². The van der Waals surface area contributed by atoms with E-state index in [4.69, 9.17) is 9.47 Å². The Morgan fingerprint density at radius 2 is 2.04 bits per heavy atom. The first kappa shape index (κ1) is 15.3. The normalized spacial score (nSPS) is 16.7. The average Bonchev–Trinajstić information content (AvgIpc) is 3.05. The van der Waals surface area contributed by atoms with Crippen LogP contribution in [0.5, 0.6) is 11.5 Å². The summed E-state index contributed by atoms with van der Waals surface area (Å²) >= 11 is 0. The molecule has 2 amide bonds. The lowest BCUT2D eigenvalue weighted by molar-refractivity contribution is 0.175. The molecule has 1 aromatic carbocycles. The van der Waals surface area contributed by atoms with Gasteiger partial charge in [-0.05, 0) is 31.2 Å². The second kappa shape index (κ2) is 6.24. The van der Waals surface area contributed by atoms with E-state index in [1.165, 1.54) is 0 Å². The molecular weight excluding hydrogens is 294 g/mol. The Morgan fingerprint density at radius 3 is 2.78 bits per heavy atom. The van der Waals surface area contributed by atoms with E-state index in [2.05, 4.69) is 16.0 Å². The van der Waals surface area contributed by atoms with Gasteiger partial charge in [-0.25, -0.2) is 4.79 Å². The Kier molecular flexibility index (Phi) is 4.14. The lowest BCUT2D eigenvalue weighted by Gasteiger charge is -2.35. The number of benzene rings is 1. The van der Waals surface area contributed by atoms with Gasteiger partial charge in [-0.1, -0.05) is 0 Å². The lowest BCUT2D eigenvalue weighted by atomic mass is 10.1. The standard InChI is InChI=1S/C17H21N3O3/c1-12-15-5-4-8-19(15)9-10-20(12)17(21)18-14-7-6-13(22-2)11-16(14)23-3/h4-8,11-12H,9-10H2,1-3H3,(H,18,21). The molecule has 122 valence electrons. The smallest absolute Gasteiger partial charge is 0.322 e.